The minimum Gasteiger partial charge on any atom is -0.457 e. The van der Waals surface area contributed by atoms with Gasteiger partial charge in [-0.2, -0.15) is 0 Å². The second-order valence-corrected chi connectivity index (χ2v) is 4.60. The fourth-order valence-electron chi connectivity index (χ4n) is 1.93. The highest BCUT2D eigenvalue weighted by Gasteiger charge is 2.08. The second-order valence-electron chi connectivity index (χ2n) is 4.60. The largest absolute Gasteiger partial charge is 0.457 e. The first-order valence-electron chi connectivity index (χ1n) is 6.31. The lowest BCUT2D eigenvalue weighted by molar-refractivity contribution is 0.184. The molecule has 0 spiro atoms. The molecule has 0 fully saturated rings. The standard InChI is InChI=1S/C16H18N2O2/c1-11-6-7-14(16(17)18)15(8-11)20-13-5-3-4-12(9-13)10-19-2/h3-9H,10H2,1-2H3,(H3,17,18). The normalized spacial score (nSPS) is 10.3. The zero-order valence-corrected chi connectivity index (χ0v) is 11.6. The molecule has 0 heterocycles. The molecule has 104 valence electrons. The predicted octanol–water partition coefficient (Wildman–Crippen LogP) is 3.22. The van der Waals surface area contributed by atoms with Crippen LogP contribution in [-0.2, 0) is 11.3 Å². The zero-order chi connectivity index (χ0) is 14.5. The van der Waals surface area contributed by atoms with E-state index in [2.05, 4.69) is 0 Å². The van der Waals surface area contributed by atoms with Crippen LogP contribution in [0.2, 0.25) is 0 Å². The molecule has 2 aromatic carbocycles. The second kappa shape index (κ2) is 6.21. The fourth-order valence-corrected chi connectivity index (χ4v) is 1.93. The summed E-state index contributed by atoms with van der Waals surface area (Å²) in [5, 5.41) is 7.60. The molecule has 2 aromatic rings. The van der Waals surface area contributed by atoms with E-state index in [9.17, 15) is 0 Å². The number of rotatable bonds is 5. The molecule has 0 aromatic heterocycles. The minimum atomic E-state index is -0.00644. The number of aryl methyl sites for hydroxylation is 1. The lowest BCUT2D eigenvalue weighted by atomic mass is 10.1. The molecule has 0 bridgehead atoms. The van der Waals surface area contributed by atoms with E-state index in [1.54, 1.807) is 13.2 Å². The van der Waals surface area contributed by atoms with E-state index in [1.807, 2.05) is 43.3 Å². The molecule has 0 radical (unpaired) electrons. The fraction of sp³-hybridized carbons (Fsp3) is 0.188. The van der Waals surface area contributed by atoms with Gasteiger partial charge in [0.15, 0.2) is 0 Å². The summed E-state index contributed by atoms with van der Waals surface area (Å²) in [5.41, 5.74) is 8.25. The van der Waals surface area contributed by atoms with Gasteiger partial charge in [0.2, 0.25) is 0 Å². The van der Waals surface area contributed by atoms with Gasteiger partial charge in [0.1, 0.15) is 17.3 Å². The lowest BCUT2D eigenvalue weighted by Crippen LogP contribution is -2.12. The van der Waals surface area contributed by atoms with E-state index in [0.717, 1.165) is 11.1 Å². The SMILES string of the molecule is COCc1cccc(Oc2cc(C)ccc2C(=N)N)c1. The Balaban J connectivity index is 2.31. The summed E-state index contributed by atoms with van der Waals surface area (Å²) in [6.45, 7) is 2.50. The number of hydrogen-bond acceptors (Lipinski definition) is 3. The van der Waals surface area contributed by atoms with Crippen molar-refractivity contribution in [3.8, 4) is 11.5 Å². The van der Waals surface area contributed by atoms with Gasteiger partial charge in [-0.15, -0.1) is 0 Å². The summed E-state index contributed by atoms with van der Waals surface area (Å²) in [6, 6.07) is 13.2. The molecule has 0 saturated heterocycles. The number of ether oxygens (including phenoxy) is 2. The van der Waals surface area contributed by atoms with Gasteiger partial charge >= 0.3 is 0 Å². The van der Waals surface area contributed by atoms with Crippen LogP contribution in [0.1, 0.15) is 16.7 Å². The summed E-state index contributed by atoms with van der Waals surface area (Å²) < 4.78 is 11.0. The highest BCUT2D eigenvalue weighted by Crippen LogP contribution is 2.27. The van der Waals surface area contributed by atoms with Crippen molar-refractivity contribution in [2.75, 3.05) is 7.11 Å². The summed E-state index contributed by atoms with van der Waals surface area (Å²) in [6.07, 6.45) is 0. The van der Waals surface area contributed by atoms with E-state index in [1.165, 1.54) is 0 Å². The summed E-state index contributed by atoms with van der Waals surface area (Å²) in [7, 11) is 1.65. The van der Waals surface area contributed by atoms with E-state index in [4.69, 9.17) is 20.6 Å². The van der Waals surface area contributed by atoms with Gasteiger partial charge in [-0.1, -0.05) is 18.2 Å². The van der Waals surface area contributed by atoms with Crippen molar-refractivity contribution in [2.45, 2.75) is 13.5 Å². The third-order valence-corrected chi connectivity index (χ3v) is 2.86. The molecule has 0 aliphatic rings. The Hall–Kier alpha value is -2.33. The number of nitrogens with one attached hydrogen (secondary N) is 1. The van der Waals surface area contributed by atoms with E-state index in [-0.39, 0.29) is 5.84 Å². The highest BCUT2D eigenvalue weighted by atomic mass is 16.5. The molecule has 20 heavy (non-hydrogen) atoms. The average Bonchev–Trinajstić information content (AvgIpc) is 2.39. The lowest BCUT2D eigenvalue weighted by Gasteiger charge is -2.12. The number of nitrogens with two attached hydrogens (primary N) is 1. The Labute approximate surface area is 118 Å². The van der Waals surface area contributed by atoms with E-state index in [0.29, 0.717) is 23.7 Å². The molecule has 2 rings (SSSR count). The third kappa shape index (κ3) is 3.36. The van der Waals surface area contributed by atoms with Crippen LogP contribution in [0.3, 0.4) is 0 Å². The highest BCUT2D eigenvalue weighted by molar-refractivity contribution is 5.97. The van der Waals surface area contributed by atoms with Gasteiger partial charge in [0, 0.05) is 7.11 Å². The van der Waals surface area contributed by atoms with Gasteiger partial charge in [-0.05, 0) is 42.3 Å². The van der Waals surface area contributed by atoms with Gasteiger partial charge in [0.25, 0.3) is 0 Å². The molecule has 0 aliphatic carbocycles. The topological polar surface area (TPSA) is 68.3 Å². The van der Waals surface area contributed by atoms with Crippen LogP contribution >= 0.6 is 0 Å². The number of amidine groups is 1. The zero-order valence-electron chi connectivity index (χ0n) is 11.6. The molecule has 0 aliphatic heterocycles. The smallest absolute Gasteiger partial charge is 0.138 e. The van der Waals surface area contributed by atoms with Crippen LogP contribution in [0, 0.1) is 12.3 Å². The Morgan fingerprint density at radius 3 is 2.70 bits per heavy atom. The maximum Gasteiger partial charge on any atom is 0.138 e. The first kappa shape index (κ1) is 14.1. The Bertz CT molecular complexity index is 624. The monoisotopic (exact) mass is 270 g/mol. The van der Waals surface area contributed by atoms with Crippen molar-refractivity contribution in [1.82, 2.24) is 0 Å². The molecule has 0 amide bonds. The van der Waals surface area contributed by atoms with Crippen molar-refractivity contribution < 1.29 is 9.47 Å². The number of hydrogen-bond donors (Lipinski definition) is 2. The van der Waals surface area contributed by atoms with Gasteiger partial charge < -0.3 is 15.2 Å². The van der Waals surface area contributed by atoms with Crippen LogP contribution in [0.15, 0.2) is 42.5 Å². The number of nitrogen functional groups attached to an aromatic ring is 1. The summed E-state index contributed by atoms with van der Waals surface area (Å²) >= 11 is 0. The van der Waals surface area contributed by atoms with Crippen molar-refractivity contribution in [3.05, 3.63) is 59.2 Å². The van der Waals surface area contributed by atoms with Gasteiger partial charge in [0.05, 0.1) is 12.2 Å². The molecular weight excluding hydrogens is 252 g/mol. The molecule has 3 N–H and O–H groups in total. The van der Waals surface area contributed by atoms with Crippen LogP contribution in [-0.4, -0.2) is 12.9 Å². The first-order chi connectivity index (χ1) is 9.60. The number of methoxy groups -OCH3 is 1. The van der Waals surface area contributed by atoms with Crippen molar-refractivity contribution in [1.29, 1.82) is 5.41 Å². The van der Waals surface area contributed by atoms with Crippen LogP contribution in [0.5, 0.6) is 11.5 Å². The van der Waals surface area contributed by atoms with Crippen molar-refractivity contribution in [2.24, 2.45) is 5.73 Å². The molecular formula is C16H18N2O2. The molecule has 0 saturated carbocycles. The van der Waals surface area contributed by atoms with Crippen molar-refractivity contribution in [3.63, 3.8) is 0 Å². The maximum atomic E-state index is 7.60. The Kier molecular flexibility index (Phi) is 4.38. The minimum absolute atomic E-state index is 0.00644. The molecule has 4 heteroatoms. The van der Waals surface area contributed by atoms with E-state index >= 15 is 0 Å². The first-order valence-corrected chi connectivity index (χ1v) is 6.31. The number of benzene rings is 2. The molecule has 4 nitrogen and oxygen atoms in total. The van der Waals surface area contributed by atoms with Crippen molar-refractivity contribution >= 4 is 5.84 Å². The quantitative estimate of drug-likeness (QED) is 0.647. The summed E-state index contributed by atoms with van der Waals surface area (Å²) in [5.74, 6) is 1.28. The molecule has 0 unspecified atom stereocenters. The maximum absolute atomic E-state index is 7.60. The predicted molar refractivity (Wildman–Crippen MR) is 79.4 cm³/mol. The van der Waals surface area contributed by atoms with E-state index < -0.39 is 0 Å². The Morgan fingerprint density at radius 2 is 2.00 bits per heavy atom. The molecule has 0 atom stereocenters. The average molecular weight is 270 g/mol. The van der Waals surface area contributed by atoms with Gasteiger partial charge in [-0.3, -0.25) is 5.41 Å². The third-order valence-electron chi connectivity index (χ3n) is 2.86. The van der Waals surface area contributed by atoms with Gasteiger partial charge in [-0.25, -0.2) is 0 Å². The van der Waals surface area contributed by atoms with Crippen LogP contribution in [0.25, 0.3) is 0 Å². The summed E-state index contributed by atoms with van der Waals surface area (Å²) in [4.78, 5) is 0. The van der Waals surface area contributed by atoms with Crippen LogP contribution in [0.4, 0.5) is 0 Å². The van der Waals surface area contributed by atoms with Crippen LogP contribution < -0.4 is 10.5 Å². The Morgan fingerprint density at radius 1 is 1.20 bits per heavy atom.